The van der Waals surface area contributed by atoms with Crippen LogP contribution in [0.4, 0.5) is 11.4 Å². The Morgan fingerprint density at radius 3 is 2.79 bits per heavy atom. The summed E-state index contributed by atoms with van der Waals surface area (Å²) in [6, 6.07) is 16.8. The molecule has 0 radical (unpaired) electrons. The third-order valence-electron chi connectivity index (χ3n) is 4.78. The highest BCUT2D eigenvalue weighted by Gasteiger charge is 2.32. The van der Waals surface area contributed by atoms with Crippen LogP contribution in [0, 0.1) is 0 Å². The number of piperazine rings is 1. The van der Waals surface area contributed by atoms with E-state index in [1.54, 1.807) is 0 Å². The van der Waals surface area contributed by atoms with E-state index in [1.165, 1.54) is 5.56 Å². The summed E-state index contributed by atoms with van der Waals surface area (Å²) in [6.07, 6.45) is 0.539. The van der Waals surface area contributed by atoms with Crippen molar-refractivity contribution >= 4 is 33.2 Å². The second-order valence-corrected chi connectivity index (χ2v) is 7.40. The molecule has 124 valence electrons. The Kier molecular flexibility index (Phi) is 4.29. The molecule has 1 saturated heterocycles. The van der Waals surface area contributed by atoms with Gasteiger partial charge in [0.05, 0.1) is 17.4 Å². The van der Waals surface area contributed by atoms with Crippen molar-refractivity contribution in [2.24, 2.45) is 0 Å². The maximum atomic E-state index is 12.3. The van der Waals surface area contributed by atoms with E-state index in [1.807, 2.05) is 18.2 Å². The molecule has 2 aliphatic rings. The molecule has 2 aliphatic heterocycles. The third kappa shape index (κ3) is 3.19. The summed E-state index contributed by atoms with van der Waals surface area (Å²) < 4.78 is 1.04. The summed E-state index contributed by atoms with van der Waals surface area (Å²) in [5, 5.41) is 3.05. The van der Waals surface area contributed by atoms with Crippen LogP contribution in [0.25, 0.3) is 0 Å². The van der Waals surface area contributed by atoms with Gasteiger partial charge < -0.3 is 10.2 Å². The first-order chi connectivity index (χ1) is 11.7. The largest absolute Gasteiger partial charge is 0.364 e. The van der Waals surface area contributed by atoms with E-state index < -0.39 is 0 Å². The molecule has 0 aromatic heterocycles. The lowest BCUT2D eigenvalue weighted by molar-refractivity contribution is -0.116. The van der Waals surface area contributed by atoms with Gasteiger partial charge in [-0.3, -0.25) is 9.69 Å². The Hall–Kier alpha value is -1.85. The van der Waals surface area contributed by atoms with E-state index in [9.17, 15) is 4.79 Å². The zero-order valence-electron chi connectivity index (χ0n) is 13.4. The van der Waals surface area contributed by atoms with Crippen LogP contribution in [0.2, 0.25) is 0 Å². The van der Waals surface area contributed by atoms with Gasteiger partial charge in [0.15, 0.2) is 0 Å². The number of halogens is 1. The van der Waals surface area contributed by atoms with Crippen molar-refractivity contribution in [3.63, 3.8) is 0 Å². The van der Waals surface area contributed by atoms with Gasteiger partial charge in [-0.05, 0) is 23.8 Å². The lowest BCUT2D eigenvalue weighted by Gasteiger charge is -2.42. The summed E-state index contributed by atoms with van der Waals surface area (Å²) in [5.41, 5.74) is 3.37. The van der Waals surface area contributed by atoms with Crippen molar-refractivity contribution in [2.45, 2.75) is 19.0 Å². The smallest absolute Gasteiger partial charge is 0.226 e. The highest BCUT2D eigenvalue weighted by molar-refractivity contribution is 9.10. The minimum atomic E-state index is 0.104. The first-order valence-corrected chi connectivity index (χ1v) is 9.11. The van der Waals surface area contributed by atoms with Crippen LogP contribution in [-0.2, 0) is 11.3 Å². The molecular formula is C19H20BrN3O. The zero-order chi connectivity index (χ0) is 16.5. The lowest BCUT2D eigenvalue weighted by atomic mass is 10.1. The number of carbonyl (C=O) groups excluding carboxylic acids is 1. The molecule has 4 rings (SSSR count). The van der Waals surface area contributed by atoms with Gasteiger partial charge >= 0.3 is 0 Å². The highest BCUT2D eigenvalue weighted by atomic mass is 79.9. The van der Waals surface area contributed by atoms with E-state index in [0.29, 0.717) is 6.42 Å². The number of nitrogens with zero attached hydrogens (tertiary/aromatic N) is 2. The Bertz CT molecular complexity index is 750. The van der Waals surface area contributed by atoms with Crippen LogP contribution in [0.3, 0.4) is 0 Å². The van der Waals surface area contributed by atoms with Crippen molar-refractivity contribution in [1.82, 2.24) is 4.90 Å². The number of hydrogen-bond acceptors (Lipinski definition) is 3. The standard InChI is InChI=1S/C19H20BrN3O/c20-15-6-7-17-18(10-15)23-9-8-22(12-14-4-2-1-3-5-14)13-16(23)11-19(24)21-17/h1-7,10,16H,8-9,11-13H2,(H,21,24). The number of carbonyl (C=O) groups is 1. The van der Waals surface area contributed by atoms with E-state index in [2.05, 4.69) is 61.4 Å². The van der Waals surface area contributed by atoms with Gasteiger partial charge in [0.1, 0.15) is 0 Å². The van der Waals surface area contributed by atoms with Crippen LogP contribution >= 0.6 is 15.9 Å². The average molecular weight is 386 g/mol. The molecule has 4 nitrogen and oxygen atoms in total. The number of fused-ring (bicyclic) bond motifs is 3. The Balaban J connectivity index is 1.56. The molecule has 2 heterocycles. The minimum absolute atomic E-state index is 0.104. The summed E-state index contributed by atoms with van der Waals surface area (Å²) in [5.74, 6) is 0.104. The maximum Gasteiger partial charge on any atom is 0.226 e. The quantitative estimate of drug-likeness (QED) is 0.859. The van der Waals surface area contributed by atoms with Crippen molar-refractivity contribution < 1.29 is 4.79 Å². The van der Waals surface area contributed by atoms with E-state index in [0.717, 1.165) is 42.0 Å². The number of benzene rings is 2. The molecule has 0 bridgehead atoms. The molecule has 2 aromatic carbocycles. The molecular weight excluding hydrogens is 366 g/mol. The molecule has 0 saturated carbocycles. The lowest BCUT2D eigenvalue weighted by Crippen LogP contribution is -2.53. The first kappa shape index (κ1) is 15.7. The van der Waals surface area contributed by atoms with Crippen LogP contribution in [0.15, 0.2) is 53.0 Å². The summed E-state index contributed by atoms with van der Waals surface area (Å²) in [6.45, 7) is 3.80. The number of anilines is 2. The fourth-order valence-electron chi connectivity index (χ4n) is 3.66. The van der Waals surface area contributed by atoms with Crippen LogP contribution < -0.4 is 10.2 Å². The second-order valence-electron chi connectivity index (χ2n) is 6.48. The van der Waals surface area contributed by atoms with Gasteiger partial charge in [-0.1, -0.05) is 46.3 Å². The Labute approximate surface area is 150 Å². The van der Waals surface area contributed by atoms with E-state index in [-0.39, 0.29) is 11.9 Å². The predicted molar refractivity (Wildman–Crippen MR) is 100 cm³/mol. The van der Waals surface area contributed by atoms with Gasteiger partial charge in [-0.25, -0.2) is 0 Å². The Morgan fingerprint density at radius 1 is 1.12 bits per heavy atom. The zero-order valence-corrected chi connectivity index (χ0v) is 15.0. The van der Waals surface area contributed by atoms with Gasteiger partial charge in [0.25, 0.3) is 0 Å². The third-order valence-corrected chi connectivity index (χ3v) is 5.27. The van der Waals surface area contributed by atoms with Gasteiger partial charge in [0, 0.05) is 37.1 Å². The van der Waals surface area contributed by atoms with Crippen molar-refractivity contribution in [2.75, 3.05) is 29.9 Å². The molecule has 0 aliphatic carbocycles. The van der Waals surface area contributed by atoms with Crippen LogP contribution in [0.5, 0.6) is 0 Å². The fraction of sp³-hybridized carbons (Fsp3) is 0.316. The highest BCUT2D eigenvalue weighted by Crippen LogP contribution is 2.35. The molecule has 24 heavy (non-hydrogen) atoms. The van der Waals surface area contributed by atoms with Crippen molar-refractivity contribution in [3.8, 4) is 0 Å². The normalized spacial score (nSPS) is 20.8. The van der Waals surface area contributed by atoms with Crippen LogP contribution in [0.1, 0.15) is 12.0 Å². The van der Waals surface area contributed by atoms with E-state index in [4.69, 9.17) is 0 Å². The predicted octanol–water partition coefficient (Wildman–Crippen LogP) is 3.48. The van der Waals surface area contributed by atoms with Gasteiger partial charge in [-0.2, -0.15) is 0 Å². The maximum absolute atomic E-state index is 12.3. The summed E-state index contributed by atoms with van der Waals surface area (Å²) >= 11 is 3.55. The molecule has 0 spiro atoms. The number of hydrogen-bond donors (Lipinski definition) is 1. The van der Waals surface area contributed by atoms with Crippen molar-refractivity contribution in [1.29, 1.82) is 0 Å². The van der Waals surface area contributed by atoms with Gasteiger partial charge in [0.2, 0.25) is 5.91 Å². The first-order valence-electron chi connectivity index (χ1n) is 8.31. The SMILES string of the molecule is O=C1CC2CN(Cc3ccccc3)CCN2c2cc(Br)ccc2N1. The van der Waals surface area contributed by atoms with Gasteiger partial charge in [-0.15, -0.1) is 0 Å². The molecule has 1 fully saturated rings. The molecule has 1 amide bonds. The van der Waals surface area contributed by atoms with E-state index >= 15 is 0 Å². The molecule has 1 atom stereocenters. The van der Waals surface area contributed by atoms with Crippen LogP contribution in [-0.4, -0.2) is 36.5 Å². The summed E-state index contributed by atoms with van der Waals surface area (Å²) in [4.78, 5) is 17.1. The molecule has 1 unspecified atom stereocenters. The fourth-order valence-corrected chi connectivity index (χ4v) is 4.01. The number of nitrogens with one attached hydrogen (secondary N) is 1. The summed E-state index contributed by atoms with van der Waals surface area (Å²) in [7, 11) is 0. The number of amides is 1. The molecule has 2 aromatic rings. The number of rotatable bonds is 2. The molecule has 1 N–H and O–H groups in total. The minimum Gasteiger partial charge on any atom is -0.364 e. The molecule has 5 heteroatoms. The average Bonchev–Trinajstić information content (AvgIpc) is 2.71. The monoisotopic (exact) mass is 385 g/mol. The Morgan fingerprint density at radius 2 is 1.96 bits per heavy atom. The second kappa shape index (κ2) is 6.57. The topological polar surface area (TPSA) is 35.6 Å². The van der Waals surface area contributed by atoms with Crippen molar-refractivity contribution in [3.05, 3.63) is 58.6 Å².